The molecule has 1 aliphatic heterocycles. The number of hydrogen-bond acceptors (Lipinski definition) is 12. The van der Waals surface area contributed by atoms with Gasteiger partial charge in [-0.05, 0) is 12.8 Å². The Morgan fingerprint density at radius 3 is 1.24 bits per heavy atom. The zero-order valence-electron chi connectivity index (χ0n) is 40.1. The monoisotopic (exact) mass is 906 g/mol. The Hall–Kier alpha value is -0.970. The van der Waals surface area contributed by atoms with Crippen molar-refractivity contribution < 1.29 is 60.2 Å². The number of aliphatic hydroxyl groups is 9. The van der Waals surface area contributed by atoms with Gasteiger partial charge in [0.25, 0.3) is 0 Å². The van der Waals surface area contributed by atoms with E-state index >= 15 is 0 Å². The average Bonchev–Trinajstić information content (AvgIpc) is 3.28. The number of carbonyl (C=O) groups excluding carboxylic acids is 1. The maximum atomic E-state index is 13.1. The van der Waals surface area contributed by atoms with Crippen LogP contribution in [0.3, 0.4) is 0 Å². The van der Waals surface area contributed by atoms with Crippen LogP contribution in [0.15, 0.2) is 0 Å². The highest BCUT2D eigenvalue weighted by Gasteiger charge is 2.45. The highest BCUT2D eigenvalue weighted by molar-refractivity contribution is 5.80. The number of carbonyl (C=O) groups is 1. The summed E-state index contributed by atoms with van der Waals surface area (Å²) in [6, 6.07) is -1.46. The maximum absolute atomic E-state index is 13.1. The Balaban J connectivity index is 2.43. The van der Waals surface area contributed by atoms with E-state index in [1.807, 2.05) is 0 Å². The average molecular weight is 906 g/mol. The molecule has 0 aliphatic carbocycles. The lowest BCUT2D eigenvalue weighted by molar-refractivity contribution is -0.303. The van der Waals surface area contributed by atoms with E-state index in [-0.39, 0.29) is 12.8 Å². The second-order valence-corrected chi connectivity index (χ2v) is 18.9. The van der Waals surface area contributed by atoms with Crippen LogP contribution in [-0.4, -0.2) is 132 Å². The van der Waals surface area contributed by atoms with E-state index < -0.39 is 86.4 Å². The molecule has 0 spiro atoms. The van der Waals surface area contributed by atoms with Crippen LogP contribution in [0, 0.1) is 0 Å². The molecule has 13 heteroatoms. The molecule has 376 valence electrons. The molecule has 0 aromatic carbocycles. The molecule has 0 aromatic heterocycles. The van der Waals surface area contributed by atoms with Gasteiger partial charge in [-0.3, -0.25) is 4.79 Å². The van der Waals surface area contributed by atoms with Gasteiger partial charge in [-0.1, -0.05) is 219 Å². The zero-order chi connectivity index (χ0) is 46.5. The van der Waals surface area contributed by atoms with E-state index in [0.29, 0.717) is 12.8 Å². The summed E-state index contributed by atoms with van der Waals surface area (Å²) in [6.45, 7) is 3.15. The van der Waals surface area contributed by atoms with Crippen molar-refractivity contribution in [2.45, 2.75) is 299 Å². The maximum Gasteiger partial charge on any atom is 0.249 e. The third-order valence-corrected chi connectivity index (χ3v) is 13.1. The minimum Gasteiger partial charge on any atom is -0.394 e. The van der Waals surface area contributed by atoms with Crippen LogP contribution >= 0.6 is 0 Å². The Bertz CT molecular complexity index is 1030. The number of nitrogens with one attached hydrogen (secondary N) is 1. The van der Waals surface area contributed by atoms with Gasteiger partial charge in [-0.25, -0.2) is 0 Å². The van der Waals surface area contributed by atoms with Crippen molar-refractivity contribution in [1.29, 1.82) is 0 Å². The van der Waals surface area contributed by atoms with Gasteiger partial charge in [0, 0.05) is 0 Å². The Morgan fingerprint density at radius 2 is 0.857 bits per heavy atom. The highest BCUT2D eigenvalue weighted by Crippen LogP contribution is 2.24. The molecule has 1 amide bonds. The molecule has 1 heterocycles. The number of ether oxygens (including phenoxy) is 2. The van der Waals surface area contributed by atoms with Crippen molar-refractivity contribution >= 4 is 5.91 Å². The fourth-order valence-corrected chi connectivity index (χ4v) is 8.67. The first-order chi connectivity index (χ1) is 30.5. The van der Waals surface area contributed by atoms with Crippen LogP contribution in [0.5, 0.6) is 0 Å². The summed E-state index contributed by atoms with van der Waals surface area (Å²) < 4.78 is 11.0. The SMILES string of the molecule is CCCCCCCCCCCCCCCCCCCCCCCCC(O)C(=O)NC(CO[C@H]1O[C@H](CO)[C@H](O)[C@H](O)[C@H]1O)C(O)C(O)C(O)C(O)CCCCCCCCCCCC. The van der Waals surface area contributed by atoms with E-state index in [1.54, 1.807) is 0 Å². The summed E-state index contributed by atoms with van der Waals surface area (Å²) in [6.07, 6.45) is 22.7. The van der Waals surface area contributed by atoms with Crippen molar-refractivity contribution in [3.63, 3.8) is 0 Å². The van der Waals surface area contributed by atoms with Gasteiger partial charge in [0.2, 0.25) is 5.91 Å². The summed E-state index contributed by atoms with van der Waals surface area (Å²) in [5.74, 6) is -0.840. The first kappa shape index (κ1) is 60.0. The number of hydrogen-bond donors (Lipinski definition) is 10. The van der Waals surface area contributed by atoms with Crippen LogP contribution in [0.2, 0.25) is 0 Å². The van der Waals surface area contributed by atoms with E-state index in [2.05, 4.69) is 19.2 Å². The molecule has 63 heavy (non-hydrogen) atoms. The molecular weight excluding hydrogens is 807 g/mol. The zero-order valence-corrected chi connectivity index (χ0v) is 40.1. The molecule has 1 fully saturated rings. The molecule has 1 aliphatic rings. The van der Waals surface area contributed by atoms with E-state index in [1.165, 1.54) is 141 Å². The normalized spacial score (nSPS) is 22.1. The lowest BCUT2D eigenvalue weighted by atomic mass is 9.94. The topological polar surface area (TPSA) is 230 Å². The van der Waals surface area contributed by atoms with Gasteiger partial charge in [-0.15, -0.1) is 0 Å². The van der Waals surface area contributed by atoms with Gasteiger partial charge < -0.3 is 60.7 Å². The summed E-state index contributed by atoms with van der Waals surface area (Å²) in [5.41, 5.74) is 0. The molecule has 13 nitrogen and oxygen atoms in total. The number of amides is 1. The molecule has 1 saturated heterocycles. The molecule has 11 atom stereocenters. The molecular formula is C50H99NO12. The second kappa shape index (κ2) is 40.1. The molecule has 0 bridgehead atoms. The van der Waals surface area contributed by atoms with Gasteiger partial charge in [0.15, 0.2) is 6.29 Å². The quantitative estimate of drug-likeness (QED) is 0.0270. The van der Waals surface area contributed by atoms with E-state index in [0.717, 1.165) is 51.4 Å². The van der Waals surface area contributed by atoms with Gasteiger partial charge in [0.1, 0.15) is 48.8 Å². The third-order valence-electron chi connectivity index (χ3n) is 13.1. The lowest BCUT2D eigenvalue weighted by Gasteiger charge is -2.40. The number of aliphatic hydroxyl groups excluding tert-OH is 9. The Kier molecular flexibility index (Phi) is 38.2. The Labute approximate surface area is 383 Å². The standard InChI is InChI=1S/C50H99NO12/c1-3-5-7-9-11-13-15-16-17-18-19-20-21-22-23-24-25-26-28-30-32-34-36-41(54)49(61)51-39(38-62-50-48(60)47(59)45(57)42(37-52)63-50)43(55)46(58)44(56)40(53)35-33-31-29-27-14-12-10-8-6-4-2/h39-48,50,52-60H,3-38H2,1-2H3,(H,51,61)/t39?,40?,41?,42-,43?,44?,45+,46?,47+,48-,50+/m1/s1. The molecule has 0 saturated carbocycles. The van der Waals surface area contributed by atoms with Crippen LogP contribution in [-0.2, 0) is 14.3 Å². The second-order valence-electron chi connectivity index (χ2n) is 18.9. The molecule has 6 unspecified atom stereocenters. The molecule has 10 N–H and O–H groups in total. The predicted octanol–water partition coefficient (Wildman–Crippen LogP) is 7.40. The van der Waals surface area contributed by atoms with Crippen LogP contribution in [0.1, 0.15) is 232 Å². The first-order valence-corrected chi connectivity index (χ1v) is 26.1. The summed E-state index contributed by atoms with van der Waals surface area (Å²) >= 11 is 0. The fraction of sp³-hybridized carbons (Fsp3) is 0.980. The summed E-state index contributed by atoms with van der Waals surface area (Å²) in [7, 11) is 0. The molecule has 1 rings (SSSR count). The minimum absolute atomic E-state index is 0.171. The molecule has 0 radical (unpaired) electrons. The van der Waals surface area contributed by atoms with Crippen molar-refractivity contribution in [3.8, 4) is 0 Å². The smallest absolute Gasteiger partial charge is 0.249 e. The third kappa shape index (κ3) is 28.7. The van der Waals surface area contributed by atoms with Crippen molar-refractivity contribution in [3.05, 3.63) is 0 Å². The fourth-order valence-electron chi connectivity index (χ4n) is 8.67. The largest absolute Gasteiger partial charge is 0.394 e. The number of unbranched alkanes of at least 4 members (excludes halogenated alkanes) is 30. The van der Waals surface area contributed by atoms with Crippen LogP contribution < -0.4 is 5.32 Å². The van der Waals surface area contributed by atoms with Crippen LogP contribution in [0.4, 0.5) is 0 Å². The van der Waals surface area contributed by atoms with Crippen molar-refractivity contribution in [1.82, 2.24) is 5.32 Å². The van der Waals surface area contributed by atoms with E-state index in [4.69, 9.17) is 9.47 Å². The van der Waals surface area contributed by atoms with Crippen LogP contribution in [0.25, 0.3) is 0 Å². The minimum atomic E-state index is -1.93. The van der Waals surface area contributed by atoms with Crippen molar-refractivity contribution in [2.24, 2.45) is 0 Å². The molecule has 0 aromatic rings. The summed E-state index contributed by atoms with van der Waals surface area (Å²) in [5, 5.41) is 97.2. The van der Waals surface area contributed by atoms with Gasteiger partial charge in [0.05, 0.1) is 25.4 Å². The Morgan fingerprint density at radius 1 is 0.492 bits per heavy atom. The predicted molar refractivity (Wildman–Crippen MR) is 250 cm³/mol. The highest BCUT2D eigenvalue weighted by atomic mass is 16.7. The summed E-state index contributed by atoms with van der Waals surface area (Å²) in [4.78, 5) is 13.1. The van der Waals surface area contributed by atoms with Gasteiger partial charge in [-0.2, -0.15) is 0 Å². The van der Waals surface area contributed by atoms with Gasteiger partial charge >= 0.3 is 0 Å². The van der Waals surface area contributed by atoms with E-state index in [9.17, 15) is 50.8 Å². The number of rotatable bonds is 44. The first-order valence-electron chi connectivity index (χ1n) is 26.1. The lowest BCUT2D eigenvalue weighted by Crippen LogP contribution is -2.61. The van der Waals surface area contributed by atoms with Crippen molar-refractivity contribution in [2.75, 3.05) is 13.2 Å².